The lowest BCUT2D eigenvalue weighted by atomic mass is 10.3. The summed E-state index contributed by atoms with van der Waals surface area (Å²) in [5, 5.41) is 0.619. The Morgan fingerprint density at radius 1 is 1.16 bits per heavy atom. The fourth-order valence-electron chi connectivity index (χ4n) is 2.00. The molecule has 0 radical (unpaired) electrons. The SMILES string of the molecule is Nc1nc2cccc(Cl)c2n1-c1cc(Br)ccc1Br. The maximum atomic E-state index is 6.27. The normalized spacial score (nSPS) is 11.1. The summed E-state index contributed by atoms with van der Waals surface area (Å²) in [6.45, 7) is 0. The minimum atomic E-state index is 0.405. The van der Waals surface area contributed by atoms with Gasteiger partial charge in [-0.05, 0) is 46.3 Å². The van der Waals surface area contributed by atoms with Crippen LogP contribution in [0.1, 0.15) is 0 Å². The molecule has 0 atom stereocenters. The topological polar surface area (TPSA) is 43.8 Å². The van der Waals surface area contributed by atoms with Gasteiger partial charge in [0.1, 0.15) is 0 Å². The van der Waals surface area contributed by atoms with E-state index in [-0.39, 0.29) is 0 Å². The van der Waals surface area contributed by atoms with Crippen LogP contribution in [0.25, 0.3) is 16.7 Å². The molecule has 0 aliphatic heterocycles. The molecule has 0 aliphatic carbocycles. The first-order valence-corrected chi connectivity index (χ1v) is 7.42. The van der Waals surface area contributed by atoms with Gasteiger partial charge in [-0.15, -0.1) is 0 Å². The van der Waals surface area contributed by atoms with Gasteiger partial charge < -0.3 is 5.73 Å². The Balaban J connectivity index is 2.42. The lowest BCUT2D eigenvalue weighted by Gasteiger charge is -2.10. The molecule has 2 N–H and O–H groups in total. The Morgan fingerprint density at radius 3 is 2.74 bits per heavy atom. The van der Waals surface area contributed by atoms with Crippen LogP contribution in [0.3, 0.4) is 0 Å². The number of aromatic nitrogens is 2. The summed E-state index contributed by atoms with van der Waals surface area (Å²) in [7, 11) is 0. The van der Waals surface area contributed by atoms with Crippen LogP contribution in [0.15, 0.2) is 45.3 Å². The van der Waals surface area contributed by atoms with E-state index in [4.69, 9.17) is 17.3 Å². The second-order valence-corrected chi connectivity index (χ2v) is 6.19. The number of fused-ring (bicyclic) bond motifs is 1. The number of hydrogen-bond donors (Lipinski definition) is 1. The van der Waals surface area contributed by atoms with Crippen molar-refractivity contribution in [3.05, 3.63) is 50.4 Å². The number of imidazole rings is 1. The van der Waals surface area contributed by atoms with E-state index in [0.29, 0.717) is 11.0 Å². The van der Waals surface area contributed by atoms with Crippen molar-refractivity contribution in [2.24, 2.45) is 0 Å². The minimum absolute atomic E-state index is 0.405. The fourth-order valence-corrected chi connectivity index (χ4v) is 3.03. The predicted octanol–water partition coefficient (Wildman–Crippen LogP) is 4.79. The van der Waals surface area contributed by atoms with Crippen molar-refractivity contribution in [1.29, 1.82) is 0 Å². The second-order valence-electron chi connectivity index (χ2n) is 4.01. The van der Waals surface area contributed by atoms with Gasteiger partial charge in [-0.25, -0.2) is 4.98 Å². The molecule has 0 amide bonds. The summed E-state index contributed by atoms with van der Waals surface area (Å²) in [4.78, 5) is 4.34. The third kappa shape index (κ3) is 2.16. The van der Waals surface area contributed by atoms with Gasteiger partial charge in [-0.1, -0.05) is 33.6 Å². The zero-order valence-electron chi connectivity index (χ0n) is 9.57. The quantitative estimate of drug-likeness (QED) is 0.637. The monoisotopic (exact) mass is 399 g/mol. The second kappa shape index (κ2) is 4.81. The van der Waals surface area contributed by atoms with E-state index in [1.165, 1.54) is 0 Å². The van der Waals surface area contributed by atoms with Crippen LogP contribution < -0.4 is 5.73 Å². The standard InChI is InChI=1S/C13H8Br2ClN3/c14-7-4-5-8(15)11(6-7)19-12-9(16)2-1-3-10(12)18-13(19)17/h1-6H,(H2,17,18). The average molecular weight is 401 g/mol. The van der Waals surface area contributed by atoms with Crippen LogP contribution in [0.5, 0.6) is 0 Å². The molecule has 0 bridgehead atoms. The molecule has 6 heteroatoms. The number of nitrogen functional groups attached to an aromatic ring is 1. The van der Waals surface area contributed by atoms with E-state index >= 15 is 0 Å². The van der Waals surface area contributed by atoms with Crippen LogP contribution in [0, 0.1) is 0 Å². The molecule has 0 saturated carbocycles. The third-order valence-corrected chi connectivity index (χ3v) is 4.27. The van der Waals surface area contributed by atoms with Gasteiger partial charge in [0.2, 0.25) is 5.95 Å². The van der Waals surface area contributed by atoms with E-state index in [1.54, 1.807) is 0 Å². The molecular formula is C13H8Br2ClN3. The number of hydrogen-bond acceptors (Lipinski definition) is 2. The lowest BCUT2D eigenvalue weighted by molar-refractivity contribution is 1.10. The van der Waals surface area contributed by atoms with Crippen LogP contribution >= 0.6 is 43.5 Å². The Kier molecular flexibility index (Phi) is 3.28. The van der Waals surface area contributed by atoms with Crippen molar-refractivity contribution in [1.82, 2.24) is 9.55 Å². The van der Waals surface area contributed by atoms with Gasteiger partial charge in [-0.3, -0.25) is 4.57 Å². The zero-order chi connectivity index (χ0) is 13.6. The van der Waals surface area contributed by atoms with Gasteiger partial charge in [0, 0.05) is 8.95 Å². The number of para-hydroxylation sites is 1. The molecule has 2 aromatic carbocycles. The van der Waals surface area contributed by atoms with E-state index in [9.17, 15) is 0 Å². The highest BCUT2D eigenvalue weighted by Crippen LogP contribution is 2.33. The highest BCUT2D eigenvalue weighted by atomic mass is 79.9. The van der Waals surface area contributed by atoms with Crippen LogP contribution in [0.2, 0.25) is 5.02 Å². The third-order valence-electron chi connectivity index (χ3n) is 2.80. The van der Waals surface area contributed by atoms with Crippen LogP contribution in [-0.2, 0) is 0 Å². The smallest absolute Gasteiger partial charge is 0.206 e. The molecule has 1 aromatic heterocycles. The number of halogens is 3. The van der Waals surface area contributed by atoms with Gasteiger partial charge in [-0.2, -0.15) is 0 Å². The molecule has 3 nitrogen and oxygen atoms in total. The van der Waals surface area contributed by atoms with Crippen molar-refractivity contribution < 1.29 is 0 Å². The molecule has 3 aromatic rings. The van der Waals surface area contributed by atoms with Crippen molar-refractivity contribution in [2.45, 2.75) is 0 Å². The van der Waals surface area contributed by atoms with Gasteiger partial charge in [0.15, 0.2) is 0 Å². The number of nitrogens with two attached hydrogens (primary N) is 1. The van der Waals surface area contributed by atoms with E-state index in [0.717, 1.165) is 25.7 Å². The van der Waals surface area contributed by atoms with E-state index in [2.05, 4.69) is 36.8 Å². The summed E-state index contributed by atoms with van der Waals surface area (Å²) in [6.07, 6.45) is 0. The zero-order valence-corrected chi connectivity index (χ0v) is 13.5. The number of benzene rings is 2. The highest BCUT2D eigenvalue weighted by Gasteiger charge is 2.15. The predicted molar refractivity (Wildman–Crippen MR) is 85.9 cm³/mol. The van der Waals surface area contributed by atoms with Gasteiger partial charge in [0.25, 0.3) is 0 Å². The first kappa shape index (κ1) is 13.0. The van der Waals surface area contributed by atoms with E-state index < -0.39 is 0 Å². The molecular weight excluding hydrogens is 393 g/mol. The Hall–Kier alpha value is -1.04. The maximum absolute atomic E-state index is 6.27. The first-order valence-electron chi connectivity index (χ1n) is 5.46. The molecule has 0 spiro atoms. The Labute approximate surface area is 131 Å². The summed E-state index contributed by atoms with van der Waals surface area (Å²) in [6, 6.07) is 11.4. The Morgan fingerprint density at radius 2 is 1.95 bits per heavy atom. The fraction of sp³-hybridized carbons (Fsp3) is 0. The molecule has 0 saturated heterocycles. The molecule has 0 fully saturated rings. The lowest BCUT2D eigenvalue weighted by Crippen LogP contribution is -2.01. The van der Waals surface area contributed by atoms with Gasteiger partial charge in [0.05, 0.1) is 21.7 Å². The summed E-state index contributed by atoms with van der Waals surface area (Å²) < 4.78 is 3.72. The number of rotatable bonds is 1. The molecule has 96 valence electrons. The summed E-state index contributed by atoms with van der Waals surface area (Å²) in [5.41, 5.74) is 8.50. The molecule has 1 heterocycles. The molecule has 19 heavy (non-hydrogen) atoms. The first-order chi connectivity index (χ1) is 9.08. The summed E-state index contributed by atoms with van der Waals surface area (Å²) in [5.74, 6) is 0.405. The van der Waals surface area contributed by atoms with E-state index in [1.807, 2.05) is 41.0 Å². The number of nitrogens with zero attached hydrogens (tertiary/aromatic N) is 2. The molecule has 0 unspecified atom stereocenters. The van der Waals surface area contributed by atoms with Crippen molar-refractivity contribution in [3.63, 3.8) is 0 Å². The highest BCUT2D eigenvalue weighted by molar-refractivity contribution is 9.11. The van der Waals surface area contributed by atoms with Crippen molar-refractivity contribution in [3.8, 4) is 5.69 Å². The molecule has 3 rings (SSSR count). The largest absolute Gasteiger partial charge is 0.369 e. The minimum Gasteiger partial charge on any atom is -0.369 e. The van der Waals surface area contributed by atoms with Crippen molar-refractivity contribution >= 4 is 60.4 Å². The van der Waals surface area contributed by atoms with Crippen LogP contribution in [0.4, 0.5) is 5.95 Å². The van der Waals surface area contributed by atoms with Crippen LogP contribution in [-0.4, -0.2) is 9.55 Å². The number of anilines is 1. The average Bonchev–Trinajstić information content (AvgIpc) is 2.70. The molecule has 0 aliphatic rings. The Bertz CT molecular complexity index is 783. The summed E-state index contributed by atoms with van der Waals surface area (Å²) >= 11 is 13.3. The maximum Gasteiger partial charge on any atom is 0.206 e. The van der Waals surface area contributed by atoms with Crippen molar-refractivity contribution in [2.75, 3.05) is 5.73 Å². The van der Waals surface area contributed by atoms with Gasteiger partial charge >= 0.3 is 0 Å².